The Bertz CT molecular complexity index is 476. The average molecular weight is 251 g/mol. The first kappa shape index (κ1) is 12.3. The number of nitrogens with zero attached hydrogens (tertiary/aromatic N) is 1. The maximum absolute atomic E-state index is 13.6. The van der Waals surface area contributed by atoms with Crippen LogP contribution in [0.15, 0.2) is 29.3 Å². The van der Waals surface area contributed by atoms with Gasteiger partial charge in [0.25, 0.3) is 0 Å². The van der Waals surface area contributed by atoms with Crippen LogP contribution in [0.5, 0.6) is 0 Å². The Balaban J connectivity index is 2.17. The van der Waals surface area contributed by atoms with Gasteiger partial charge in [-0.1, -0.05) is 18.2 Å². The Morgan fingerprint density at radius 2 is 2.33 bits per heavy atom. The Kier molecular flexibility index (Phi) is 3.76. The zero-order valence-corrected chi connectivity index (χ0v) is 9.94. The first-order chi connectivity index (χ1) is 8.70. The number of ether oxygens (including phenoxy) is 1. The van der Waals surface area contributed by atoms with Crippen molar-refractivity contribution in [1.82, 2.24) is 10.6 Å². The molecule has 5 nitrogen and oxygen atoms in total. The van der Waals surface area contributed by atoms with Gasteiger partial charge in [0.2, 0.25) is 5.96 Å². The van der Waals surface area contributed by atoms with Crippen LogP contribution >= 0.6 is 0 Å². The third kappa shape index (κ3) is 2.77. The van der Waals surface area contributed by atoms with Crippen LogP contribution in [0.25, 0.3) is 0 Å². The molecule has 1 aromatic carbocycles. The number of benzene rings is 1. The number of halogens is 1. The molecule has 6 heteroatoms. The van der Waals surface area contributed by atoms with Gasteiger partial charge in [0.05, 0.1) is 13.2 Å². The summed E-state index contributed by atoms with van der Waals surface area (Å²) in [6.45, 7) is 0.613. The second-order valence-corrected chi connectivity index (χ2v) is 3.85. The summed E-state index contributed by atoms with van der Waals surface area (Å²) < 4.78 is 18.1. The van der Waals surface area contributed by atoms with E-state index in [-0.39, 0.29) is 11.9 Å². The Morgan fingerprint density at radius 1 is 1.56 bits per heavy atom. The quantitative estimate of drug-likeness (QED) is 0.796. The highest BCUT2D eigenvalue weighted by Gasteiger charge is 2.20. The number of aliphatic imine (C=N–C) groups is 1. The van der Waals surface area contributed by atoms with E-state index < -0.39 is 6.09 Å². The second-order valence-electron chi connectivity index (χ2n) is 3.85. The molecule has 2 N–H and O–H groups in total. The van der Waals surface area contributed by atoms with Crippen LogP contribution in [0.2, 0.25) is 0 Å². The molecule has 1 aromatic rings. The van der Waals surface area contributed by atoms with E-state index >= 15 is 0 Å². The number of alkyl carbamates (subject to hydrolysis) is 1. The molecule has 0 saturated carbocycles. The van der Waals surface area contributed by atoms with Gasteiger partial charge in [0.1, 0.15) is 5.82 Å². The number of hydrogen-bond donors (Lipinski definition) is 2. The highest BCUT2D eigenvalue weighted by atomic mass is 19.1. The zero-order chi connectivity index (χ0) is 13.0. The van der Waals surface area contributed by atoms with Gasteiger partial charge in [-0.2, -0.15) is 0 Å². The normalized spacial score (nSPS) is 18.6. The maximum Gasteiger partial charge on any atom is 0.413 e. The zero-order valence-electron chi connectivity index (χ0n) is 9.94. The lowest BCUT2D eigenvalue weighted by Gasteiger charge is -2.22. The molecule has 0 bridgehead atoms. The minimum absolute atomic E-state index is 0.287. The minimum Gasteiger partial charge on any atom is -0.453 e. The smallest absolute Gasteiger partial charge is 0.413 e. The van der Waals surface area contributed by atoms with E-state index in [0.717, 1.165) is 0 Å². The molecule has 1 amide bonds. The fourth-order valence-corrected chi connectivity index (χ4v) is 1.79. The third-order valence-corrected chi connectivity index (χ3v) is 2.67. The van der Waals surface area contributed by atoms with Crippen molar-refractivity contribution in [1.29, 1.82) is 0 Å². The van der Waals surface area contributed by atoms with Crippen LogP contribution in [-0.4, -0.2) is 25.7 Å². The number of rotatable bonds is 1. The summed E-state index contributed by atoms with van der Waals surface area (Å²) >= 11 is 0. The number of nitrogens with one attached hydrogen (secondary N) is 2. The lowest BCUT2D eigenvalue weighted by Crippen LogP contribution is -2.44. The molecule has 2 rings (SSSR count). The molecule has 0 spiro atoms. The van der Waals surface area contributed by atoms with Gasteiger partial charge in [0, 0.05) is 12.1 Å². The molecule has 18 heavy (non-hydrogen) atoms. The minimum atomic E-state index is -0.601. The number of carbonyl (C=O) groups excluding carboxylic acids is 1. The van der Waals surface area contributed by atoms with Crippen molar-refractivity contribution in [2.24, 2.45) is 4.99 Å². The lowest BCUT2D eigenvalue weighted by atomic mass is 10.0. The molecule has 0 aromatic heterocycles. The number of hydrogen-bond acceptors (Lipinski definition) is 4. The van der Waals surface area contributed by atoms with E-state index in [2.05, 4.69) is 20.4 Å². The van der Waals surface area contributed by atoms with Crippen molar-refractivity contribution in [2.75, 3.05) is 13.7 Å². The highest BCUT2D eigenvalue weighted by Crippen LogP contribution is 2.24. The number of methoxy groups -OCH3 is 1. The standard InChI is InChI=1S/C12H14FN3O2/c1-18-12(17)16-11-14-7-6-10(15-11)8-4-2-3-5-9(8)13/h2-5,10H,6-7H2,1H3,(H2,14,15,16,17). The van der Waals surface area contributed by atoms with Crippen LogP contribution in [-0.2, 0) is 4.74 Å². The summed E-state index contributed by atoms with van der Waals surface area (Å²) in [6, 6.07) is 6.21. The number of guanidine groups is 1. The Labute approximate surface area is 104 Å². The van der Waals surface area contributed by atoms with Gasteiger partial charge in [-0.15, -0.1) is 0 Å². The van der Waals surface area contributed by atoms with Crippen LogP contribution in [0, 0.1) is 5.82 Å². The van der Waals surface area contributed by atoms with E-state index in [1.807, 2.05) is 0 Å². The maximum atomic E-state index is 13.6. The van der Waals surface area contributed by atoms with E-state index in [1.165, 1.54) is 13.2 Å². The Morgan fingerprint density at radius 3 is 3.06 bits per heavy atom. The first-order valence-corrected chi connectivity index (χ1v) is 5.62. The van der Waals surface area contributed by atoms with Crippen molar-refractivity contribution < 1.29 is 13.9 Å². The molecule has 0 saturated heterocycles. The SMILES string of the molecule is COC(=O)NC1=NC(c2ccccc2F)CCN1. The van der Waals surface area contributed by atoms with Gasteiger partial charge in [-0.05, 0) is 12.5 Å². The van der Waals surface area contributed by atoms with E-state index in [0.29, 0.717) is 24.5 Å². The van der Waals surface area contributed by atoms with Crippen molar-refractivity contribution in [3.05, 3.63) is 35.6 Å². The predicted octanol–water partition coefficient (Wildman–Crippen LogP) is 1.57. The summed E-state index contributed by atoms with van der Waals surface area (Å²) in [4.78, 5) is 15.3. The largest absolute Gasteiger partial charge is 0.453 e. The fraction of sp³-hybridized carbons (Fsp3) is 0.333. The average Bonchev–Trinajstić information content (AvgIpc) is 2.39. The van der Waals surface area contributed by atoms with E-state index in [4.69, 9.17) is 0 Å². The van der Waals surface area contributed by atoms with Crippen molar-refractivity contribution in [3.63, 3.8) is 0 Å². The summed E-state index contributed by atoms with van der Waals surface area (Å²) in [5, 5.41) is 5.36. The van der Waals surface area contributed by atoms with Crippen LogP contribution in [0.1, 0.15) is 18.0 Å². The Hall–Kier alpha value is -2.11. The van der Waals surface area contributed by atoms with Crippen LogP contribution in [0.4, 0.5) is 9.18 Å². The molecular weight excluding hydrogens is 237 g/mol. The van der Waals surface area contributed by atoms with E-state index in [9.17, 15) is 9.18 Å². The molecular formula is C12H14FN3O2. The summed E-state index contributed by atoms with van der Waals surface area (Å²) in [5.41, 5.74) is 0.531. The molecule has 1 unspecified atom stereocenters. The first-order valence-electron chi connectivity index (χ1n) is 5.62. The number of amides is 1. The fourth-order valence-electron chi connectivity index (χ4n) is 1.79. The summed E-state index contributed by atoms with van der Waals surface area (Å²) in [6.07, 6.45) is 0.0724. The molecule has 0 aliphatic carbocycles. The van der Waals surface area contributed by atoms with Crippen LogP contribution in [0.3, 0.4) is 0 Å². The summed E-state index contributed by atoms with van der Waals surface area (Å²) in [7, 11) is 1.27. The highest BCUT2D eigenvalue weighted by molar-refractivity contribution is 5.94. The molecule has 0 fully saturated rings. The van der Waals surface area contributed by atoms with Gasteiger partial charge in [-0.3, -0.25) is 5.32 Å². The van der Waals surface area contributed by atoms with Gasteiger partial charge in [0.15, 0.2) is 0 Å². The van der Waals surface area contributed by atoms with Crippen molar-refractivity contribution in [2.45, 2.75) is 12.5 Å². The summed E-state index contributed by atoms with van der Waals surface area (Å²) in [5.74, 6) is 0.0203. The van der Waals surface area contributed by atoms with Crippen LogP contribution < -0.4 is 10.6 Å². The third-order valence-electron chi connectivity index (χ3n) is 2.67. The van der Waals surface area contributed by atoms with Gasteiger partial charge in [-0.25, -0.2) is 14.2 Å². The van der Waals surface area contributed by atoms with Gasteiger partial charge < -0.3 is 10.1 Å². The molecule has 1 aliphatic rings. The molecule has 96 valence electrons. The molecule has 1 heterocycles. The van der Waals surface area contributed by atoms with E-state index in [1.54, 1.807) is 18.2 Å². The lowest BCUT2D eigenvalue weighted by molar-refractivity contribution is 0.176. The molecule has 1 atom stereocenters. The topological polar surface area (TPSA) is 62.7 Å². The second kappa shape index (κ2) is 5.48. The monoisotopic (exact) mass is 251 g/mol. The van der Waals surface area contributed by atoms with Crippen molar-refractivity contribution >= 4 is 12.1 Å². The van der Waals surface area contributed by atoms with Crippen molar-refractivity contribution in [3.8, 4) is 0 Å². The number of carbonyl (C=O) groups is 1. The predicted molar refractivity (Wildman–Crippen MR) is 64.7 cm³/mol. The molecule has 1 aliphatic heterocycles. The molecule has 0 radical (unpaired) electrons. The van der Waals surface area contributed by atoms with Gasteiger partial charge >= 0.3 is 6.09 Å².